The largest absolute Gasteiger partial charge is 0.459 e. The second-order valence-electron chi connectivity index (χ2n) is 5.49. The van der Waals surface area contributed by atoms with Crippen molar-refractivity contribution in [2.45, 2.75) is 45.8 Å². The van der Waals surface area contributed by atoms with E-state index >= 15 is 0 Å². The second-order valence-corrected chi connectivity index (χ2v) is 5.49. The maximum Gasteiger partial charge on any atom is 0.342 e. The van der Waals surface area contributed by atoms with Gasteiger partial charge in [-0.2, -0.15) is 0 Å². The lowest BCUT2D eigenvalue weighted by molar-refractivity contribution is 0.0374. The third kappa shape index (κ3) is 4.17. The van der Waals surface area contributed by atoms with E-state index in [1.807, 2.05) is 20.8 Å². The van der Waals surface area contributed by atoms with Crippen LogP contribution in [0.2, 0.25) is 0 Å². The molecule has 1 unspecified atom stereocenters. The minimum absolute atomic E-state index is 0.136. The fraction of sp³-hybridized carbons (Fsp3) is 0.625. The highest BCUT2D eigenvalue weighted by atomic mass is 16.5. The molecule has 0 saturated carbocycles. The predicted molar refractivity (Wildman–Crippen MR) is 81.6 cm³/mol. The highest BCUT2D eigenvalue weighted by Crippen LogP contribution is 2.23. The summed E-state index contributed by atoms with van der Waals surface area (Å²) in [6.07, 6.45) is 3.89. The maximum absolute atomic E-state index is 12.2. The first-order valence-corrected chi connectivity index (χ1v) is 7.64. The molecule has 1 aromatic heterocycles. The van der Waals surface area contributed by atoms with Crippen molar-refractivity contribution in [3.63, 3.8) is 0 Å². The molecule has 2 rings (SSSR count). The quantitative estimate of drug-likeness (QED) is 0.781. The van der Waals surface area contributed by atoms with Gasteiger partial charge in [0, 0.05) is 25.9 Å². The summed E-state index contributed by atoms with van der Waals surface area (Å²) in [7, 11) is 0. The predicted octanol–water partition coefficient (Wildman–Crippen LogP) is 2.65. The monoisotopic (exact) mass is 292 g/mol. The number of ether oxygens (including phenoxy) is 2. The van der Waals surface area contributed by atoms with Crippen LogP contribution in [0, 0.1) is 0 Å². The van der Waals surface area contributed by atoms with Gasteiger partial charge >= 0.3 is 5.97 Å². The molecule has 5 nitrogen and oxygen atoms in total. The van der Waals surface area contributed by atoms with Crippen molar-refractivity contribution in [1.82, 2.24) is 4.98 Å². The van der Waals surface area contributed by atoms with Crippen molar-refractivity contribution in [3.05, 3.63) is 23.9 Å². The summed E-state index contributed by atoms with van der Waals surface area (Å²) >= 11 is 0. The Morgan fingerprint density at radius 3 is 3.05 bits per heavy atom. The molecule has 0 aromatic carbocycles. The topological polar surface area (TPSA) is 51.7 Å². The van der Waals surface area contributed by atoms with Crippen molar-refractivity contribution in [3.8, 4) is 0 Å². The fourth-order valence-electron chi connectivity index (χ4n) is 2.59. The van der Waals surface area contributed by atoms with Gasteiger partial charge in [-0.05, 0) is 45.7 Å². The first-order chi connectivity index (χ1) is 10.1. The number of pyridine rings is 1. The smallest absolute Gasteiger partial charge is 0.342 e. The Morgan fingerprint density at radius 2 is 2.33 bits per heavy atom. The van der Waals surface area contributed by atoms with Gasteiger partial charge in [-0.1, -0.05) is 0 Å². The Bertz CT molecular complexity index is 474. The van der Waals surface area contributed by atoms with Gasteiger partial charge in [0.2, 0.25) is 0 Å². The zero-order valence-corrected chi connectivity index (χ0v) is 13.0. The van der Waals surface area contributed by atoms with E-state index in [0.717, 1.165) is 25.9 Å². The molecule has 0 amide bonds. The van der Waals surface area contributed by atoms with Crippen molar-refractivity contribution in [2.75, 3.05) is 24.6 Å². The van der Waals surface area contributed by atoms with Crippen LogP contribution in [0.15, 0.2) is 18.3 Å². The van der Waals surface area contributed by atoms with Gasteiger partial charge in [0.1, 0.15) is 11.4 Å². The number of rotatable bonds is 5. The third-order valence-corrected chi connectivity index (χ3v) is 3.43. The molecule has 1 aliphatic rings. The molecule has 1 saturated heterocycles. The van der Waals surface area contributed by atoms with Crippen LogP contribution in [0.25, 0.3) is 0 Å². The Labute approximate surface area is 126 Å². The number of piperidine rings is 1. The van der Waals surface area contributed by atoms with E-state index < -0.39 is 0 Å². The average molecular weight is 292 g/mol. The molecule has 2 heterocycles. The summed E-state index contributed by atoms with van der Waals surface area (Å²) in [4.78, 5) is 18.7. The van der Waals surface area contributed by atoms with Crippen molar-refractivity contribution in [1.29, 1.82) is 0 Å². The van der Waals surface area contributed by atoms with Crippen LogP contribution in [0.4, 0.5) is 5.82 Å². The van der Waals surface area contributed by atoms with Crippen molar-refractivity contribution < 1.29 is 14.3 Å². The van der Waals surface area contributed by atoms with Gasteiger partial charge in [0.25, 0.3) is 0 Å². The van der Waals surface area contributed by atoms with Gasteiger partial charge < -0.3 is 14.4 Å². The highest BCUT2D eigenvalue weighted by molar-refractivity contribution is 5.94. The van der Waals surface area contributed by atoms with Crippen LogP contribution < -0.4 is 4.90 Å². The first-order valence-electron chi connectivity index (χ1n) is 7.64. The normalized spacial score (nSPS) is 18.9. The molecule has 1 atom stereocenters. The molecule has 1 fully saturated rings. The number of anilines is 1. The summed E-state index contributed by atoms with van der Waals surface area (Å²) in [6, 6.07) is 3.54. The number of carbonyl (C=O) groups excluding carboxylic acids is 1. The van der Waals surface area contributed by atoms with Gasteiger partial charge in [-0.15, -0.1) is 0 Å². The number of hydrogen-bond acceptors (Lipinski definition) is 5. The first kappa shape index (κ1) is 15.8. The van der Waals surface area contributed by atoms with Crippen LogP contribution >= 0.6 is 0 Å². The number of esters is 1. The number of carbonyl (C=O) groups is 1. The molecule has 0 bridgehead atoms. The minimum atomic E-state index is -0.313. The molecular weight excluding hydrogens is 268 g/mol. The number of hydrogen-bond donors (Lipinski definition) is 0. The van der Waals surface area contributed by atoms with Crippen LogP contribution in [0.5, 0.6) is 0 Å². The molecule has 0 aliphatic carbocycles. The Kier molecular flexibility index (Phi) is 5.56. The second kappa shape index (κ2) is 7.41. The van der Waals surface area contributed by atoms with Crippen molar-refractivity contribution in [2.24, 2.45) is 0 Å². The summed E-state index contributed by atoms with van der Waals surface area (Å²) in [5.41, 5.74) is 0.531. The van der Waals surface area contributed by atoms with E-state index in [-0.39, 0.29) is 18.2 Å². The lowest BCUT2D eigenvalue weighted by Gasteiger charge is -2.34. The molecular formula is C16H24N2O3. The number of nitrogens with zero attached hydrogens (tertiary/aromatic N) is 2. The fourth-order valence-corrected chi connectivity index (χ4v) is 2.59. The van der Waals surface area contributed by atoms with E-state index in [1.54, 1.807) is 18.3 Å². The Hall–Kier alpha value is -1.62. The minimum Gasteiger partial charge on any atom is -0.459 e. The van der Waals surface area contributed by atoms with Crippen LogP contribution in [-0.2, 0) is 9.47 Å². The average Bonchev–Trinajstić information content (AvgIpc) is 2.47. The molecule has 1 aromatic rings. The Balaban J connectivity index is 2.17. The molecule has 0 radical (unpaired) electrons. The van der Waals surface area contributed by atoms with Crippen LogP contribution in [0.1, 0.15) is 44.0 Å². The zero-order chi connectivity index (χ0) is 15.2. The standard InChI is InChI=1S/C16H24N2O3/c1-4-20-13-7-6-10-18(11-13)15-14(8-5-9-17-15)16(19)21-12(2)3/h5,8-9,12-13H,4,6-7,10-11H2,1-3H3. The van der Waals surface area contributed by atoms with Crippen molar-refractivity contribution >= 4 is 11.8 Å². The van der Waals surface area contributed by atoms with Crippen LogP contribution in [-0.4, -0.2) is 42.9 Å². The van der Waals surface area contributed by atoms with E-state index in [9.17, 15) is 4.79 Å². The molecule has 5 heteroatoms. The van der Waals surface area contributed by atoms with E-state index in [0.29, 0.717) is 18.0 Å². The molecule has 1 aliphatic heterocycles. The van der Waals surface area contributed by atoms with E-state index in [1.165, 1.54) is 0 Å². The maximum atomic E-state index is 12.2. The molecule has 0 spiro atoms. The molecule has 0 N–H and O–H groups in total. The highest BCUT2D eigenvalue weighted by Gasteiger charge is 2.25. The summed E-state index contributed by atoms with van der Waals surface area (Å²) < 4.78 is 11.0. The van der Waals surface area contributed by atoms with Crippen LogP contribution in [0.3, 0.4) is 0 Å². The zero-order valence-electron chi connectivity index (χ0n) is 13.0. The van der Waals surface area contributed by atoms with E-state index in [2.05, 4.69) is 9.88 Å². The Morgan fingerprint density at radius 1 is 1.52 bits per heavy atom. The van der Waals surface area contributed by atoms with Gasteiger partial charge in [0.15, 0.2) is 0 Å². The van der Waals surface area contributed by atoms with E-state index in [4.69, 9.17) is 9.47 Å². The number of aromatic nitrogens is 1. The molecule has 21 heavy (non-hydrogen) atoms. The lowest BCUT2D eigenvalue weighted by atomic mass is 10.1. The van der Waals surface area contributed by atoms with Gasteiger partial charge in [-0.3, -0.25) is 0 Å². The summed E-state index contributed by atoms with van der Waals surface area (Å²) in [6.45, 7) is 8.07. The summed E-state index contributed by atoms with van der Waals surface area (Å²) in [5.74, 6) is 0.388. The SMILES string of the molecule is CCOC1CCCN(c2ncccc2C(=O)OC(C)C)C1. The summed E-state index contributed by atoms with van der Waals surface area (Å²) in [5, 5.41) is 0. The lowest BCUT2D eigenvalue weighted by Crippen LogP contribution is -2.41. The van der Waals surface area contributed by atoms with Gasteiger partial charge in [0.05, 0.1) is 12.2 Å². The molecule has 116 valence electrons. The third-order valence-electron chi connectivity index (χ3n) is 3.43. The van der Waals surface area contributed by atoms with Gasteiger partial charge in [-0.25, -0.2) is 9.78 Å².